The Hall–Kier alpha value is -1.62. The van der Waals surface area contributed by atoms with Gasteiger partial charge in [-0.15, -0.1) is 0 Å². The van der Waals surface area contributed by atoms with E-state index in [2.05, 4.69) is 0 Å². The fourth-order valence-corrected chi connectivity index (χ4v) is 1.95. The van der Waals surface area contributed by atoms with Gasteiger partial charge < -0.3 is 5.73 Å². The van der Waals surface area contributed by atoms with Gasteiger partial charge in [-0.05, 0) is 19.1 Å². The molecule has 0 fully saturated rings. The van der Waals surface area contributed by atoms with Crippen LogP contribution < -0.4 is 5.73 Å². The average Bonchev–Trinajstić information content (AvgIpc) is 2.16. The highest BCUT2D eigenvalue weighted by atomic mass is 32.2. The molecule has 1 rings (SSSR count). The molecule has 0 bridgehead atoms. The molecule has 0 saturated carbocycles. The van der Waals surface area contributed by atoms with Crippen molar-refractivity contribution in [2.45, 2.75) is 11.8 Å². The van der Waals surface area contributed by atoms with Gasteiger partial charge in [0.1, 0.15) is 0 Å². The molecule has 0 radical (unpaired) electrons. The first-order valence-corrected chi connectivity index (χ1v) is 5.76. The minimum atomic E-state index is -3.55. The number of carbonyl (C=O) groups is 1. The lowest BCUT2D eigenvalue weighted by Gasteiger charge is -1.98. The van der Waals surface area contributed by atoms with Gasteiger partial charge in [-0.2, -0.15) is 0 Å². The van der Waals surface area contributed by atoms with E-state index in [0.29, 0.717) is 0 Å². The third kappa shape index (κ3) is 3.21. The number of hydrogen-bond acceptors (Lipinski definition) is 3. The third-order valence-corrected chi connectivity index (χ3v) is 3.18. The molecule has 0 spiro atoms. The standard InChI is InChI=1S/C10H11NO3S/c1-8-2-4-9(5-3-8)15(13,14)7-6-10(11)12/h2-7H,1H3,(H2,11,12)/b7-6-. The number of sulfone groups is 1. The molecule has 5 heteroatoms. The van der Waals surface area contributed by atoms with Crippen LogP contribution in [0.25, 0.3) is 0 Å². The smallest absolute Gasteiger partial charge is 0.242 e. The Balaban J connectivity index is 3.07. The quantitative estimate of drug-likeness (QED) is 0.772. The van der Waals surface area contributed by atoms with Crippen molar-refractivity contribution in [3.05, 3.63) is 41.3 Å². The molecule has 0 aliphatic rings. The molecule has 0 atom stereocenters. The van der Waals surface area contributed by atoms with E-state index in [1.807, 2.05) is 6.92 Å². The van der Waals surface area contributed by atoms with Crippen LogP contribution in [0.2, 0.25) is 0 Å². The van der Waals surface area contributed by atoms with E-state index >= 15 is 0 Å². The summed E-state index contributed by atoms with van der Waals surface area (Å²) < 4.78 is 23.1. The summed E-state index contributed by atoms with van der Waals surface area (Å²) in [7, 11) is -3.55. The van der Waals surface area contributed by atoms with Gasteiger partial charge >= 0.3 is 0 Å². The molecule has 2 N–H and O–H groups in total. The molecule has 0 saturated heterocycles. The fourth-order valence-electron chi connectivity index (χ4n) is 0.963. The van der Waals surface area contributed by atoms with Crippen molar-refractivity contribution in [3.8, 4) is 0 Å². The van der Waals surface area contributed by atoms with Gasteiger partial charge in [0.25, 0.3) is 0 Å². The highest BCUT2D eigenvalue weighted by molar-refractivity contribution is 7.94. The van der Waals surface area contributed by atoms with Gasteiger partial charge in [0.05, 0.1) is 4.90 Å². The summed E-state index contributed by atoms with van der Waals surface area (Å²) in [6.45, 7) is 1.86. The first-order chi connectivity index (χ1) is 6.92. The van der Waals surface area contributed by atoms with E-state index in [0.717, 1.165) is 17.0 Å². The van der Waals surface area contributed by atoms with E-state index in [-0.39, 0.29) is 4.90 Å². The molecule has 4 nitrogen and oxygen atoms in total. The molecule has 1 aromatic rings. The van der Waals surface area contributed by atoms with Crippen molar-refractivity contribution in [3.63, 3.8) is 0 Å². The zero-order valence-electron chi connectivity index (χ0n) is 8.17. The van der Waals surface area contributed by atoms with Gasteiger partial charge in [0, 0.05) is 11.5 Å². The Morgan fingerprint density at radius 2 is 1.80 bits per heavy atom. The highest BCUT2D eigenvalue weighted by Crippen LogP contribution is 2.12. The SMILES string of the molecule is Cc1ccc(S(=O)(=O)/C=C\C(N)=O)cc1. The minimum absolute atomic E-state index is 0.144. The summed E-state index contributed by atoms with van der Waals surface area (Å²) in [5.41, 5.74) is 5.78. The van der Waals surface area contributed by atoms with Crippen molar-refractivity contribution in [2.75, 3.05) is 0 Å². The number of primary amides is 1. The number of hydrogen-bond donors (Lipinski definition) is 1. The van der Waals surface area contributed by atoms with Crippen molar-refractivity contribution in [1.29, 1.82) is 0 Å². The molecule has 0 unspecified atom stereocenters. The summed E-state index contributed by atoms with van der Waals surface area (Å²) in [5, 5.41) is 0.806. The van der Waals surface area contributed by atoms with Crippen molar-refractivity contribution in [1.82, 2.24) is 0 Å². The van der Waals surface area contributed by atoms with Crippen molar-refractivity contribution < 1.29 is 13.2 Å². The topological polar surface area (TPSA) is 77.2 Å². The molecule has 0 aliphatic heterocycles. The largest absolute Gasteiger partial charge is 0.366 e. The number of nitrogens with two attached hydrogens (primary N) is 1. The summed E-state index contributed by atoms with van der Waals surface area (Å²) in [6.07, 6.45) is 0.829. The number of carbonyl (C=O) groups excluding carboxylic acids is 1. The second-order valence-corrected chi connectivity index (χ2v) is 4.90. The molecular formula is C10H11NO3S. The van der Waals surface area contributed by atoms with E-state index in [1.54, 1.807) is 12.1 Å². The van der Waals surface area contributed by atoms with E-state index in [4.69, 9.17) is 5.73 Å². The van der Waals surface area contributed by atoms with Crippen LogP contribution in [-0.4, -0.2) is 14.3 Å². The molecular weight excluding hydrogens is 214 g/mol. The normalized spacial score (nSPS) is 11.8. The molecule has 0 aliphatic carbocycles. The number of benzene rings is 1. The predicted molar refractivity (Wildman–Crippen MR) is 56.7 cm³/mol. The van der Waals surface area contributed by atoms with Gasteiger partial charge in [-0.25, -0.2) is 8.42 Å². The zero-order valence-corrected chi connectivity index (χ0v) is 8.99. The van der Waals surface area contributed by atoms with Gasteiger partial charge in [0.2, 0.25) is 5.91 Å². The van der Waals surface area contributed by atoms with E-state index < -0.39 is 15.7 Å². The lowest BCUT2D eigenvalue weighted by atomic mass is 10.2. The number of rotatable bonds is 3. The Bertz CT molecular complexity index is 486. The minimum Gasteiger partial charge on any atom is -0.366 e. The Morgan fingerprint density at radius 1 is 1.27 bits per heavy atom. The van der Waals surface area contributed by atoms with Crippen LogP contribution >= 0.6 is 0 Å². The first kappa shape index (κ1) is 11.5. The van der Waals surface area contributed by atoms with Crippen molar-refractivity contribution >= 4 is 15.7 Å². The Morgan fingerprint density at radius 3 is 2.27 bits per heavy atom. The summed E-state index contributed by atoms with van der Waals surface area (Å²) in [6, 6.07) is 6.34. The maximum atomic E-state index is 11.6. The number of aryl methyl sites for hydroxylation is 1. The van der Waals surface area contributed by atoms with Crippen LogP contribution in [-0.2, 0) is 14.6 Å². The maximum absolute atomic E-state index is 11.6. The summed E-state index contributed by atoms with van der Waals surface area (Å²) >= 11 is 0. The number of amides is 1. The van der Waals surface area contributed by atoms with Crippen LogP contribution in [0.15, 0.2) is 40.6 Å². The predicted octanol–water partition coefficient (Wildman–Crippen LogP) is 0.768. The zero-order chi connectivity index (χ0) is 11.5. The Labute approximate surface area is 88.3 Å². The highest BCUT2D eigenvalue weighted by Gasteiger charge is 2.09. The van der Waals surface area contributed by atoms with Crippen LogP contribution in [0, 0.1) is 6.92 Å². The average molecular weight is 225 g/mol. The molecule has 1 aromatic carbocycles. The van der Waals surface area contributed by atoms with Crippen LogP contribution in [0.1, 0.15) is 5.56 Å². The second kappa shape index (κ2) is 4.27. The van der Waals surface area contributed by atoms with Gasteiger partial charge in [-0.1, -0.05) is 17.7 Å². The fraction of sp³-hybridized carbons (Fsp3) is 0.100. The van der Waals surface area contributed by atoms with Gasteiger partial charge in [0.15, 0.2) is 9.84 Å². The molecule has 15 heavy (non-hydrogen) atoms. The lowest BCUT2D eigenvalue weighted by Crippen LogP contribution is -2.07. The third-order valence-electron chi connectivity index (χ3n) is 1.76. The lowest BCUT2D eigenvalue weighted by molar-refractivity contribution is -0.113. The molecule has 0 heterocycles. The second-order valence-electron chi connectivity index (χ2n) is 3.06. The summed E-state index contributed by atoms with van der Waals surface area (Å²) in [5.74, 6) is -0.786. The molecule has 1 amide bonds. The van der Waals surface area contributed by atoms with E-state index in [1.165, 1.54) is 12.1 Å². The summed E-state index contributed by atoms with van der Waals surface area (Å²) in [4.78, 5) is 10.5. The Kier molecular flexibility index (Phi) is 3.26. The monoisotopic (exact) mass is 225 g/mol. The van der Waals surface area contributed by atoms with E-state index in [9.17, 15) is 13.2 Å². The molecule has 0 aromatic heterocycles. The van der Waals surface area contributed by atoms with Crippen LogP contribution in [0.5, 0.6) is 0 Å². The van der Waals surface area contributed by atoms with Gasteiger partial charge in [-0.3, -0.25) is 4.79 Å². The maximum Gasteiger partial charge on any atom is 0.242 e. The van der Waals surface area contributed by atoms with Crippen LogP contribution in [0.4, 0.5) is 0 Å². The first-order valence-electron chi connectivity index (χ1n) is 4.21. The van der Waals surface area contributed by atoms with Crippen LogP contribution in [0.3, 0.4) is 0 Å². The van der Waals surface area contributed by atoms with Crippen molar-refractivity contribution in [2.24, 2.45) is 5.73 Å². The molecule has 80 valence electrons.